The number of phenolic OH excluding ortho intramolecular Hbond substituents is 1. The van der Waals surface area contributed by atoms with Gasteiger partial charge >= 0.3 is 0 Å². The van der Waals surface area contributed by atoms with Crippen LogP contribution in [0.1, 0.15) is 37.7 Å². The summed E-state index contributed by atoms with van der Waals surface area (Å²) in [4.78, 5) is 4.42. The van der Waals surface area contributed by atoms with Crippen molar-refractivity contribution in [3.05, 3.63) is 41.5 Å². The Morgan fingerprint density at radius 2 is 2.00 bits per heavy atom. The molecule has 0 heterocycles. The molecule has 0 unspecified atom stereocenters. The molecule has 0 saturated carbocycles. The highest BCUT2D eigenvalue weighted by atomic mass is 16.3. The Balaban J connectivity index is 1.77. The first-order valence-corrected chi connectivity index (χ1v) is 6.31. The van der Waals surface area contributed by atoms with Crippen LogP contribution in [-0.4, -0.2) is 17.9 Å². The molecule has 0 amide bonds. The molecule has 1 aromatic rings. The minimum atomic E-state index is 0.300. The smallest absolute Gasteiger partial charge is 0.115 e. The zero-order valence-corrected chi connectivity index (χ0v) is 10.1. The van der Waals surface area contributed by atoms with E-state index in [0.29, 0.717) is 5.75 Å². The van der Waals surface area contributed by atoms with Crippen molar-refractivity contribution in [3.63, 3.8) is 0 Å². The van der Waals surface area contributed by atoms with Crippen molar-refractivity contribution in [2.45, 2.75) is 32.1 Å². The molecule has 2 nitrogen and oxygen atoms in total. The number of nitrogens with zero attached hydrogens (tertiary/aromatic N) is 1. The molecule has 0 aliphatic heterocycles. The summed E-state index contributed by atoms with van der Waals surface area (Å²) in [6, 6.07) is 7.12. The van der Waals surface area contributed by atoms with E-state index in [1.54, 1.807) is 17.7 Å². The molecule has 2 heteroatoms. The fraction of sp³-hybridized carbons (Fsp3) is 0.400. The van der Waals surface area contributed by atoms with Crippen LogP contribution in [0.3, 0.4) is 0 Å². The van der Waals surface area contributed by atoms with Crippen LogP contribution in [0.4, 0.5) is 0 Å². The van der Waals surface area contributed by atoms with E-state index < -0.39 is 0 Å². The first kappa shape index (κ1) is 11.9. The van der Waals surface area contributed by atoms with Gasteiger partial charge < -0.3 is 5.11 Å². The Morgan fingerprint density at radius 1 is 1.18 bits per heavy atom. The van der Waals surface area contributed by atoms with Gasteiger partial charge in [0.05, 0.1) is 0 Å². The van der Waals surface area contributed by atoms with Crippen LogP contribution in [0, 0.1) is 0 Å². The second kappa shape index (κ2) is 6.24. The normalized spacial score (nSPS) is 16.1. The molecular formula is C15H19NO. The maximum atomic E-state index is 9.15. The molecule has 1 aromatic carbocycles. The minimum Gasteiger partial charge on any atom is -0.508 e. The van der Waals surface area contributed by atoms with Crippen molar-refractivity contribution in [2.24, 2.45) is 4.99 Å². The van der Waals surface area contributed by atoms with Crippen LogP contribution >= 0.6 is 0 Å². The summed E-state index contributed by atoms with van der Waals surface area (Å²) in [6.45, 7) is 0.868. The van der Waals surface area contributed by atoms with E-state index in [-0.39, 0.29) is 0 Å². The molecular weight excluding hydrogens is 210 g/mol. The van der Waals surface area contributed by atoms with E-state index in [1.165, 1.54) is 25.7 Å². The van der Waals surface area contributed by atoms with E-state index >= 15 is 0 Å². The molecule has 17 heavy (non-hydrogen) atoms. The zero-order chi connectivity index (χ0) is 11.9. The second-order valence-corrected chi connectivity index (χ2v) is 4.48. The summed E-state index contributed by atoms with van der Waals surface area (Å²) in [7, 11) is 0. The zero-order valence-electron chi connectivity index (χ0n) is 10.1. The standard InChI is InChI=1S/C15H19NO/c17-15-8-6-14(7-9-15)12-16-11-10-13-4-2-1-3-5-13/h4,6-9,12,17H,1-3,5,10-11H2. The number of phenols is 1. The van der Waals surface area contributed by atoms with Crippen LogP contribution in [0.5, 0.6) is 5.75 Å². The Morgan fingerprint density at radius 3 is 2.71 bits per heavy atom. The topological polar surface area (TPSA) is 32.6 Å². The highest BCUT2D eigenvalue weighted by Crippen LogP contribution is 2.19. The van der Waals surface area contributed by atoms with Gasteiger partial charge in [-0.1, -0.05) is 11.6 Å². The van der Waals surface area contributed by atoms with Crippen molar-refractivity contribution in [1.82, 2.24) is 0 Å². The lowest BCUT2D eigenvalue weighted by Gasteiger charge is -2.10. The van der Waals surface area contributed by atoms with Gasteiger partial charge in [-0.3, -0.25) is 4.99 Å². The van der Waals surface area contributed by atoms with E-state index in [9.17, 15) is 0 Å². The van der Waals surface area contributed by atoms with Crippen molar-refractivity contribution >= 4 is 6.21 Å². The van der Waals surface area contributed by atoms with Crippen molar-refractivity contribution in [2.75, 3.05) is 6.54 Å². The van der Waals surface area contributed by atoms with Gasteiger partial charge in [-0.05, 0) is 61.9 Å². The quantitative estimate of drug-likeness (QED) is 0.619. The number of allylic oxidation sites excluding steroid dienone is 1. The third-order valence-electron chi connectivity index (χ3n) is 3.08. The number of hydrogen-bond donors (Lipinski definition) is 1. The number of hydrogen-bond acceptors (Lipinski definition) is 2. The molecule has 0 bridgehead atoms. The average molecular weight is 229 g/mol. The van der Waals surface area contributed by atoms with E-state index in [1.807, 2.05) is 18.3 Å². The van der Waals surface area contributed by atoms with Crippen LogP contribution in [0.2, 0.25) is 0 Å². The molecule has 0 saturated heterocycles. The lowest BCUT2D eigenvalue weighted by molar-refractivity contribution is 0.475. The highest BCUT2D eigenvalue weighted by molar-refractivity contribution is 5.79. The number of rotatable bonds is 4. The largest absolute Gasteiger partial charge is 0.508 e. The highest BCUT2D eigenvalue weighted by Gasteiger charge is 2.01. The first-order valence-electron chi connectivity index (χ1n) is 6.31. The van der Waals surface area contributed by atoms with Gasteiger partial charge in [0.2, 0.25) is 0 Å². The number of benzene rings is 1. The Bertz CT molecular complexity index is 403. The van der Waals surface area contributed by atoms with Crippen LogP contribution in [0.25, 0.3) is 0 Å². The fourth-order valence-electron chi connectivity index (χ4n) is 2.07. The molecule has 0 atom stereocenters. The number of aliphatic imine (C=N–C) groups is 1. The predicted octanol–water partition coefficient (Wildman–Crippen LogP) is 3.70. The van der Waals surface area contributed by atoms with Gasteiger partial charge in [0.1, 0.15) is 5.75 Å². The van der Waals surface area contributed by atoms with Crippen LogP contribution in [-0.2, 0) is 0 Å². The molecule has 1 N–H and O–H groups in total. The summed E-state index contributed by atoms with van der Waals surface area (Å²) in [5.41, 5.74) is 2.61. The van der Waals surface area contributed by atoms with Gasteiger partial charge in [0.15, 0.2) is 0 Å². The van der Waals surface area contributed by atoms with Gasteiger partial charge in [-0.25, -0.2) is 0 Å². The van der Waals surface area contributed by atoms with Gasteiger partial charge in [-0.15, -0.1) is 0 Å². The van der Waals surface area contributed by atoms with E-state index in [2.05, 4.69) is 11.1 Å². The number of aromatic hydroxyl groups is 1. The van der Waals surface area contributed by atoms with Crippen molar-refractivity contribution < 1.29 is 5.11 Å². The Hall–Kier alpha value is -1.57. The molecule has 90 valence electrons. The fourth-order valence-corrected chi connectivity index (χ4v) is 2.07. The summed E-state index contributed by atoms with van der Waals surface area (Å²) in [5.74, 6) is 0.300. The molecule has 0 aromatic heterocycles. The van der Waals surface area contributed by atoms with E-state index in [4.69, 9.17) is 5.11 Å². The third kappa shape index (κ3) is 4.06. The van der Waals surface area contributed by atoms with Gasteiger partial charge in [0.25, 0.3) is 0 Å². The first-order chi connectivity index (χ1) is 8.34. The van der Waals surface area contributed by atoms with Crippen molar-refractivity contribution in [1.29, 1.82) is 0 Å². The molecule has 2 rings (SSSR count). The third-order valence-corrected chi connectivity index (χ3v) is 3.08. The second-order valence-electron chi connectivity index (χ2n) is 4.48. The SMILES string of the molecule is Oc1ccc(C=NCCC2=CCCCC2)cc1. The lowest BCUT2D eigenvalue weighted by Crippen LogP contribution is -1.94. The Kier molecular flexibility index (Phi) is 4.37. The maximum Gasteiger partial charge on any atom is 0.115 e. The summed E-state index contributed by atoms with van der Waals surface area (Å²) in [5, 5.41) is 9.15. The summed E-state index contributed by atoms with van der Waals surface area (Å²) in [6.07, 6.45) is 10.5. The summed E-state index contributed by atoms with van der Waals surface area (Å²) < 4.78 is 0. The molecule has 1 aliphatic carbocycles. The summed E-state index contributed by atoms with van der Waals surface area (Å²) >= 11 is 0. The monoisotopic (exact) mass is 229 g/mol. The maximum absolute atomic E-state index is 9.15. The molecule has 1 aliphatic rings. The van der Waals surface area contributed by atoms with Crippen molar-refractivity contribution in [3.8, 4) is 5.75 Å². The van der Waals surface area contributed by atoms with Crippen LogP contribution in [0.15, 0.2) is 40.9 Å². The van der Waals surface area contributed by atoms with Crippen LogP contribution < -0.4 is 0 Å². The lowest BCUT2D eigenvalue weighted by atomic mass is 9.97. The Labute approximate surface area is 103 Å². The van der Waals surface area contributed by atoms with Gasteiger partial charge in [0, 0.05) is 12.8 Å². The van der Waals surface area contributed by atoms with Gasteiger partial charge in [-0.2, -0.15) is 0 Å². The molecule has 0 spiro atoms. The molecule has 0 fully saturated rings. The minimum absolute atomic E-state index is 0.300. The van der Waals surface area contributed by atoms with E-state index in [0.717, 1.165) is 18.5 Å². The average Bonchev–Trinajstić information content (AvgIpc) is 2.38. The molecule has 0 radical (unpaired) electrons. The predicted molar refractivity (Wildman–Crippen MR) is 71.7 cm³/mol.